The van der Waals surface area contributed by atoms with Gasteiger partial charge in [-0.25, -0.2) is 0 Å². The first kappa shape index (κ1) is 23.9. The van der Waals surface area contributed by atoms with Crippen LogP contribution in [0.5, 0.6) is 11.5 Å². The minimum Gasteiger partial charge on any atom is -0.504 e. The predicted octanol–water partition coefficient (Wildman–Crippen LogP) is 5.04. The fraction of sp³-hybridized carbons (Fsp3) is 0.778. The first-order valence-electron chi connectivity index (χ1n) is 12.7. The molecule has 1 aliphatic carbocycles. The summed E-state index contributed by atoms with van der Waals surface area (Å²) in [5.41, 5.74) is 1.22. The molecule has 3 heterocycles. The van der Waals surface area contributed by atoms with E-state index in [-0.39, 0.29) is 34.4 Å². The molecule has 0 amide bonds. The largest absolute Gasteiger partial charge is 0.504 e. The van der Waals surface area contributed by atoms with Crippen LogP contribution in [0, 0.1) is 24.2 Å². The second-order valence-corrected chi connectivity index (χ2v) is 15.1. The molecule has 4 unspecified atom stereocenters. The lowest BCUT2D eigenvalue weighted by molar-refractivity contribution is -0.153. The molecular formula is C27H42NO4P. The Kier molecular flexibility index (Phi) is 5.65. The lowest BCUT2D eigenvalue weighted by Gasteiger charge is -2.61. The quantitative estimate of drug-likeness (QED) is 0.598. The monoisotopic (exact) mass is 475 g/mol. The van der Waals surface area contributed by atoms with Crippen LogP contribution in [0.2, 0.25) is 0 Å². The van der Waals surface area contributed by atoms with Crippen molar-refractivity contribution in [2.75, 3.05) is 26.4 Å². The van der Waals surface area contributed by atoms with Gasteiger partial charge in [-0.15, -0.1) is 0 Å². The maximum atomic E-state index is 11.9. The maximum Gasteiger partial charge on any atom is 0.166 e. The number of nitrogens with zero attached hydrogens (tertiary/aromatic N) is 1. The Labute approximate surface area is 200 Å². The van der Waals surface area contributed by atoms with Gasteiger partial charge >= 0.3 is 0 Å². The van der Waals surface area contributed by atoms with Crippen LogP contribution >= 0.6 is 7.92 Å². The van der Waals surface area contributed by atoms with Gasteiger partial charge in [0, 0.05) is 37.5 Å². The normalized spacial score (nSPS) is 38.1. The van der Waals surface area contributed by atoms with E-state index in [2.05, 4.69) is 39.5 Å². The first-order chi connectivity index (χ1) is 15.4. The third-order valence-corrected chi connectivity index (χ3v) is 13.3. The summed E-state index contributed by atoms with van der Waals surface area (Å²) in [6.45, 7) is 15.2. The van der Waals surface area contributed by atoms with Crippen molar-refractivity contribution in [3.05, 3.63) is 23.3 Å². The highest BCUT2D eigenvalue weighted by atomic mass is 31.1. The van der Waals surface area contributed by atoms with Gasteiger partial charge in [-0.1, -0.05) is 34.8 Å². The molecular weight excluding hydrogens is 433 g/mol. The van der Waals surface area contributed by atoms with Crippen LogP contribution in [0.1, 0.15) is 65.0 Å². The van der Waals surface area contributed by atoms with E-state index in [1.54, 1.807) is 13.2 Å². The lowest BCUT2D eigenvalue weighted by atomic mass is 9.66. The van der Waals surface area contributed by atoms with E-state index >= 15 is 0 Å². The zero-order valence-electron chi connectivity index (χ0n) is 21.4. The molecule has 0 bridgehead atoms. The fourth-order valence-electron chi connectivity index (χ4n) is 6.84. The van der Waals surface area contributed by atoms with Crippen LogP contribution in [0.3, 0.4) is 0 Å². The van der Waals surface area contributed by atoms with Crippen LogP contribution in [-0.2, 0) is 9.89 Å². The Bertz CT molecular complexity index is 923. The second-order valence-electron chi connectivity index (χ2n) is 12.2. The van der Waals surface area contributed by atoms with E-state index in [0.717, 1.165) is 25.0 Å². The number of phenols is 1. The predicted molar refractivity (Wildman–Crippen MR) is 133 cm³/mol. The number of phenolic OH excluding ortho intramolecular Hbond substituents is 1. The Morgan fingerprint density at radius 2 is 1.94 bits per heavy atom. The lowest BCUT2D eigenvalue weighted by Crippen LogP contribution is -2.65. The minimum absolute atomic E-state index is 0.0353. The van der Waals surface area contributed by atoms with E-state index in [1.807, 2.05) is 13.0 Å². The van der Waals surface area contributed by atoms with Crippen molar-refractivity contribution in [1.82, 2.24) is 4.90 Å². The molecule has 1 aromatic rings. The van der Waals surface area contributed by atoms with Gasteiger partial charge in [0.25, 0.3) is 0 Å². The number of aromatic hydroxyl groups is 1. The van der Waals surface area contributed by atoms with E-state index in [9.17, 15) is 10.2 Å². The fourth-order valence-corrected chi connectivity index (χ4v) is 11.2. The molecule has 4 aliphatic rings. The molecule has 1 spiro atoms. The smallest absolute Gasteiger partial charge is 0.166 e. The Hall–Kier alpha value is -0.870. The van der Waals surface area contributed by atoms with E-state index in [1.165, 1.54) is 30.5 Å². The van der Waals surface area contributed by atoms with Crippen LogP contribution in [0.15, 0.2) is 12.1 Å². The van der Waals surface area contributed by atoms with Crippen LogP contribution in [-0.4, -0.2) is 65.1 Å². The summed E-state index contributed by atoms with van der Waals surface area (Å²) in [7, 11) is 1.21. The van der Waals surface area contributed by atoms with Crippen molar-refractivity contribution in [2.45, 2.75) is 89.6 Å². The number of aliphatic hydroxyl groups is 1. The van der Waals surface area contributed by atoms with Crippen molar-refractivity contribution in [3.63, 3.8) is 0 Å². The van der Waals surface area contributed by atoms with Gasteiger partial charge in [0.05, 0.1) is 10.8 Å². The average Bonchev–Trinajstić information content (AvgIpc) is 3.49. The summed E-state index contributed by atoms with van der Waals surface area (Å²) in [5.74, 6) is 2.16. The molecule has 6 heteroatoms. The maximum absolute atomic E-state index is 11.9. The molecule has 0 radical (unpaired) electrons. The Balaban J connectivity index is 1.65. The van der Waals surface area contributed by atoms with Gasteiger partial charge in [-0.3, -0.25) is 4.90 Å². The van der Waals surface area contributed by atoms with Crippen LogP contribution < -0.4 is 4.74 Å². The number of rotatable bonds is 4. The van der Waals surface area contributed by atoms with Crippen molar-refractivity contribution in [1.29, 1.82) is 0 Å². The van der Waals surface area contributed by atoms with Gasteiger partial charge in [-0.05, 0) is 69.2 Å². The highest BCUT2D eigenvalue weighted by Crippen LogP contribution is 2.75. The standard InChI is InChI=1S/C27H42NO4P/c1-16-8-11-20(29)23-21(16)27-12-13-28(14-18-9-10-18)17(2)33(27)15-19(22(31-7)24(27)32-23)26(6,30)25(3,4)5/h8,11,17-19,22,24,29-30H,9-10,12-15H2,1-7H3/t17?,19-,22?,24-,26-,27?,33?/m0/s1. The summed E-state index contributed by atoms with van der Waals surface area (Å²) < 4.78 is 12.9. The zero-order valence-corrected chi connectivity index (χ0v) is 22.3. The van der Waals surface area contributed by atoms with Crippen LogP contribution in [0.4, 0.5) is 0 Å². The zero-order chi connectivity index (χ0) is 23.9. The molecule has 5 nitrogen and oxygen atoms in total. The molecule has 2 N–H and O–H groups in total. The van der Waals surface area contributed by atoms with Gasteiger partial charge in [0.15, 0.2) is 11.5 Å². The molecule has 33 heavy (non-hydrogen) atoms. The number of hydrogen-bond acceptors (Lipinski definition) is 5. The molecule has 184 valence electrons. The van der Waals surface area contributed by atoms with E-state index < -0.39 is 13.5 Å². The van der Waals surface area contributed by atoms with Crippen molar-refractivity contribution in [2.24, 2.45) is 17.3 Å². The number of methoxy groups -OCH3 is 1. The van der Waals surface area contributed by atoms with Gasteiger partial charge in [-0.2, -0.15) is 0 Å². The molecule has 1 saturated carbocycles. The SMILES string of the molecule is COC1[C@@H]2Oc3c(O)ccc(C)c3C23CCN(CC2CC2)C(C)P3C[C@@H]1[C@](C)(O)C(C)(C)C. The number of ether oxygens (including phenoxy) is 2. The summed E-state index contributed by atoms with van der Waals surface area (Å²) >= 11 is 0. The molecule has 1 aromatic carbocycles. The van der Waals surface area contributed by atoms with Crippen LogP contribution in [0.25, 0.3) is 0 Å². The summed E-state index contributed by atoms with van der Waals surface area (Å²) in [6, 6.07) is 3.81. The molecule has 3 fully saturated rings. The minimum atomic E-state index is -0.907. The number of fused-ring (bicyclic) bond motifs is 1. The topological polar surface area (TPSA) is 62.2 Å². The third-order valence-electron chi connectivity index (χ3n) is 9.56. The van der Waals surface area contributed by atoms with Crippen molar-refractivity contribution >= 4 is 7.92 Å². The van der Waals surface area contributed by atoms with Crippen molar-refractivity contribution in [3.8, 4) is 11.5 Å². The van der Waals surface area contributed by atoms with Gasteiger partial charge < -0.3 is 19.7 Å². The van der Waals surface area contributed by atoms with Crippen molar-refractivity contribution < 1.29 is 19.7 Å². The Morgan fingerprint density at radius 1 is 1.24 bits per heavy atom. The van der Waals surface area contributed by atoms with Gasteiger partial charge in [0.1, 0.15) is 12.2 Å². The number of aryl methyl sites for hydroxylation is 1. The van der Waals surface area contributed by atoms with E-state index in [0.29, 0.717) is 11.5 Å². The molecule has 3 aliphatic heterocycles. The summed E-state index contributed by atoms with van der Waals surface area (Å²) in [5, 5.41) is 22.6. The highest BCUT2D eigenvalue weighted by molar-refractivity contribution is 7.59. The van der Waals surface area contributed by atoms with E-state index in [4.69, 9.17) is 9.47 Å². The summed E-state index contributed by atoms with van der Waals surface area (Å²) in [4.78, 5) is 2.72. The molecule has 7 atom stereocenters. The molecule has 0 aromatic heterocycles. The summed E-state index contributed by atoms with van der Waals surface area (Å²) in [6.07, 6.45) is 4.29. The average molecular weight is 476 g/mol. The highest BCUT2D eigenvalue weighted by Gasteiger charge is 2.67. The van der Waals surface area contributed by atoms with Gasteiger partial charge in [0.2, 0.25) is 0 Å². The third kappa shape index (κ3) is 3.40. The molecule has 5 rings (SSSR count). The molecule has 2 saturated heterocycles. The number of benzene rings is 1. The first-order valence-corrected chi connectivity index (χ1v) is 14.3. The number of hydrogen-bond donors (Lipinski definition) is 2. The Morgan fingerprint density at radius 3 is 2.55 bits per heavy atom. The second kappa shape index (κ2) is 7.82.